The van der Waals surface area contributed by atoms with E-state index < -0.39 is 11.6 Å². The van der Waals surface area contributed by atoms with Crippen molar-refractivity contribution >= 4 is 38.4 Å². The van der Waals surface area contributed by atoms with E-state index in [2.05, 4.69) is 25.9 Å². The number of pyridine rings is 1. The molecule has 3 aromatic rings. The maximum atomic E-state index is 14.2. The monoisotopic (exact) mass is 347 g/mol. The number of aromatic amines is 1. The summed E-state index contributed by atoms with van der Waals surface area (Å²) >= 11 is 3.32. The number of hydrogen-bond donors (Lipinski definition) is 2. The van der Waals surface area contributed by atoms with Crippen molar-refractivity contribution in [3.63, 3.8) is 0 Å². The van der Waals surface area contributed by atoms with Gasteiger partial charge >= 0.3 is 0 Å². The fraction of sp³-hybridized carbons (Fsp3) is 0.0667. The second-order valence-electron chi connectivity index (χ2n) is 4.74. The number of nitrogens with two attached hydrogens (primary N) is 1. The fourth-order valence-electron chi connectivity index (χ4n) is 2.27. The topological polar surface area (TPSA) is 71.8 Å². The van der Waals surface area contributed by atoms with Crippen LogP contribution in [0.2, 0.25) is 0 Å². The van der Waals surface area contributed by atoms with Gasteiger partial charge in [-0.25, -0.2) is 9.37 Å². The molecule has 0 saturated heterocycles. The average molecular weight is 348 g/mol. The molecule has 2 heterocycles. The molecule has 0 amide bonds. The lowest BCUT2D eigenvalue weighted by Crippen LogP contribution is -2.08. The van der Waals surface area contributed by atoms with Crippen LogP contribution in [0, 0.1) is 12.7 Å². The predicted molar refractivity (Wildman–Crippen MR) is 82.8 cm³/mol. The van der Waals surface area contributed by atoms with E-state index in [0.717, 1.165) is 4.47 Å². The molecule has 21 heavy (non-hydrogen) atoms. The molecule has 0 aliphatic heterocycles. The van der Waals surface area contributed by atoms with E-state index in [0.29, 0.717) is 22.2 Å². The molecule has 3 rings (SSSR count). The summed E-state index contributed by atoms with van der Waals surface area (Å²) in [6.45, 7) is 1.68. The van der Waals surface area contributed by atoms with Crippen molar-refractivity contribution < 1.29 is 9.18 Å². The molecule has 0 saturated carbocycles. The third kappa shape index (κ3) is 2.21. The van der Waals surface area contributed by atoms with Crippen molar-refractivity contribution in [2.75, 3.05) is 5.73 Å². The predicted octanol–water partition coefficient (Wildman–Crippen LogP) is 3.59. The zero-order chi connectivity index (χ0) is 15.1. The first kappa shape index (κ1) is 13.8. The first-order chi connectivity index (χ1) is 9.99. The van der Waals surface area contributed by atoms with Gasteiger partial charge in [0.25, 0.3) is 0 Å². The molecular formula is C15H11BrFN3O. The summed E-state index contributed by atoms with van der Waals surface area (Å²) in [5, 5.41) is 0.635. The second-order valence-corrected chi connectivity index (χ2v) is 5.66. The van der Waals surface area contributed by atoms with Crippen LogP contribution in [0.4, 0.5) is 10.1 Å². The van der Waals surface area contributed by atoms with Crippen LogP contribution in [0.15, 0.2) is 35.1 Å². The van der Waals surface area contributed by atoms with Crippen LogP contribution in [0.1, 0.15) is 21.5 Å². The number of halogens is 2. The maximum Gasteiger partial charge on any atom is 0.198 e. The Kier molecular flexibility index (Phi) is 3.25. The number of aryl methyl sites for hydroxylation is 1. The third-order valence-corrected chi connectivity index (χ3v) is 3.78. The SMILES string of the molecule is Cc1ccc(N)c(F)c1C(=O)c1c[nH]c2ncc(Br)cc12. The number of nitrogens with zero attached hydrogens (tertiary/aromatic N) is 1. The highest BCUT2D eigenvalue weighted by atomic mass is 79.9. The van der Waals surface area contributed by atoms with Crippen molar-refractivity contribution in [2.45, 2.75) is 6.92 Å². The lowest BCUT2D eigenvalue weighted by molar-refractivity contribution is 0.103. The van der Waals surface area contributed by atoms with Crippen LogP contribution in [-0.4, -0.2) is 15.8 Å². The first-order valence-electron chi connectivity index (χ1n) is 6.21. The minimum atomic E-state index is -0.683. The fourth-order valence-corrected chi connectivity index (χ4v) is 2.60. The van der Waals surface area contributed by atoms with Gasteiger partial charge in [0.15, 0.2) is 11.6 Å². The zero-order valence-electron chi connectivity index (χ0n) is 11.1. The molecule has 106 valence electrons. The molecule has 1 aromatic carbocycles. The van der Waals surface area contributed by atoms with Gasteiger partial charge in [0, 0.05) is 27.8 Å². The van der Waals surface area contributed by atoms with Crippen LogP contribution in [0.5, 0.6) is 0 Å². The highest BCUT2D eigenvalue weighted by molar-refractivity contribution is 9.10. The number of aromatic nitrogens is 2. The molecule has 0 radical (unpaired) electrons. The Morgan fingerprint density at radius 3 is 2.95 bits per heavy atom. The van der Waals surface area contributed by atoms with Gasteiger partial charge in [-0.1, -0.05) is 6.07 Å². The Balaban J connectivity index is 2.22. The minimum Gasteiger partial charge on any atom is -0.396 e. The quantitative estimate of drug-likeness (QED) is 0.549. The number of ketones is 1. The molecule has 0 unspecified atom stereocenters. The summed E-state index contributed by atoms with van der Waals surface area (Å²) in [4.78, 5) is 19.7. The number of anilines is 1. The van der Waals surface area contributed by atoms with Gasteiger partial charge in [-0.2, -0.15) is 0 Å². The number of nitrogen functional groups attached to an aromatic ring is 1. The van der Waals surface area contributed by atoms with Gasteiger partial charge < -0.3 is 10.7 Å². The highest BCUT2D eigenvalue weighted by Gasteiger charge is 2.21. The average Bonchev–Trinajstić information content (AvgIpc) is 2.86. The Hall–Kier alpha value is -2.21. The normalized spacial score (nSPS) is 11.0. The van der Waals surface area contributed by atoms with Crippen molar-refractivity contribution in [2.24, 2.45) is 0 Å². The summed E-state index contributed by atoms with van der Waals surface area (Å²) in [7, 11) is 0. The molecule has 6 heteroatoms. The third-order valence-electron chi connectivity index (χ3n) is 3.35. The lowest BCUT2D eigenvalue weighted by Gasteiger charge is -2.08. The molecule has 4 nitrogen and oxygen atoms in total. The Labute approximate surface area is 128 Å². The van der Waals surface area contributed by atoms with Crippen LogP contribution in [0.3, 0.4) is 0 Å². The van der Waals surface area contributed by atoms with Crippen molar-refractivity contribution in [1.29, 1.82) is 0 Å². The Morgan fingerprint density at radius 2 is 2.19 bits per heavy atom. The molecule has 0 bridgehead atoms. The zero-order valence-corrected chi connectivity index (χ0v) is 12.7. The lowest BCUT2D eigenvalue weighted by atomic mass is 9.98. The Bertz CT molecular complexity index is 873. The van der Waals surface area contributed by atoms with Crippen molar-refractivity contribution in [3.8, 4) is 0 Å². The van der Waals surface area contributed by atoms with Gasteiger partial charge in [0.2, 0.25) is 0 Å². The van der Waals surface area contributed by atoms with Crippen molar-refractivity contribution in [1.82, 2.24) is 9.97 Å². The first-order valence-corrected chi connectivity index (χ1v) is 7.00. The van der Waals surface area contributed by atoms with Crippen LogP contribution < -0.4 is 5.73 Å². The molecule has 3 N–H and O–H groups in total. The van der Waals surface area contributed by atoms with Gasteiger partial charge in [-0.15, -0.1) is 0 Å². The maximum absolute atomic E-state index is 14.2. The molecule has 0 fully saturated rings. The van der Waals surface area contributed by atoms with E-state index >= 15 is 0 Å². The molecular weight excluding hydrogens is 337 g/mol. The van der Waals surface area contributed by atoms with Crippen molar-refractivity contribution in [3.05, 3.63) is 57.6 Å². The number of nitrogens with one attached hydrogen (secondary N) is 1. The molecule has 0 atom stereocenters. The van der Waals surface area contributed by atoms with E-state index in [1.165, 1.54) is 12.3 Å². The van der Waals surface area contributed by atoms with E-state index in [1.807, 2.05) is 0 Å². The summed E-state index contributed by atoms with van der Waals surface area (Å²) in [5.41, 5.74) is 7.01. The van der Waals surface area contributed by atoms with E-state index in [9.17, 15) is 9.18 Å². The summed E-state index contributed by atoms with van der Waals surface area (Å²) in [6.07, 6.45) is 3.16. The summed E-state index contributed by atoms with van der Waals surface area (Å²) in [5.74, 6) is -1.10. The summed E-state index contributed by atoms with van der Waals surface area (Å²) < 4.78 is 14.9. The minimum absolute atomic E-state index is 0.00382. The van der Waals surface area contributed by atoms with Gasteiger partial charge in [-0.3, -0.25) is 4.79 Å². The standard InChI is InChI=1S/C15H11BrFN3O/c1-7-2-3-11(18)13(17)12(7)14(21)10-6-20-15-9(10)4-8(16)5-19-15/h2-6H,18H2,1H3,(H,19,20). The number of H-pyrrole nitrogens is 1. The number of carbonyl (C=O) groups excluding carboxylic acids is 1. The van der Waals surface area contributed by atoms with E-state index in [1.54, 1.807) is 25.3 Å². The number of benzene rings is 1. The smallest absolute Gasteiger partial charge is 0.198 e. The van der Waals surface area contributed by atoms with Gasteiger partial charge in [0.1, 0.15) is 5.65 Å². The van der Waals surface area contributed by atoms with Gasteiger partial charge in [-0.05, 0) is 40.5 Å². The largest absolute Gasteiger partial charge is 0.396 e. The molecule has 0 aliphatic carbocycles. The summed E-state index contributed by atoms with van der Waals surface area (Å²) in [6, 6.07) is 4.86. The number of carbonyl (C=O) groups is 1. The van der Waals surface area contributed by atoms with Crippen LogP contribution in [0.25, 0.3) is 11.0 Å². The Morgan fingerprint density at radius 1 is 1.43 bits per heavy atom. The molecule has 0 aliphatic rings. The van der Waals surface area contributed by atoms with Crippen LogP contribution in [-0.2, 0) is 0 Å². The number of fused-ring (bicyclic) bond motifs is 1. The van der Waals surface area contributed by atoms with E-state index in [4.69, 9.17) is 5.73 Å². The van der Waals surface area contributed by atoms with E-state index in [-0.39, 0.29) is 11.3 Å². The number of hydrogen-bond acceptors (Lipinski definition) is 3. The number of rotatable bonds is 2. The molecule has 2 aromatic heterocycles. The van der Waals surface area contributed by atoms with Crippen LogP contribution >= 0.6 is 15.9 Å². The second kappa shape index (κ2) is 4.96. The highest BCUT2D eigenvalue weighted by Crippen LogP contribution is 2.27. The molecule has 0 spiro atoms. The van der Waals surface area contributed by atoms with Gasteiger partial charge in [0.05, 0.1) is 11.3 Å².